The van der Waals surface area contributed by atoms with Gasteiger partial charge in [0.25, 0.3) is 0 Å². The summed E-state index contributed by atoms with van der Waals surface area (Å²) < 4.78 is 18.5. The Bertz CT molecular complexity index is 728. The van der Waals surface area contributed by atoms with E-state index in [0.717, 1.165) is 10.6 Å². The fourth-order valence-corrected chi connectivity index (χ4v) is 2.52. The van der Waals surface area contributed by atoms with E-state index in [-0.39, 0.29) is 5.82 Å². The molecule has 0 aliphatic carbocycles. The van der Waals surface area contributed by atoms with Gasteiger partial charge in [0, 0.05) is 11.8 Å². The van der Waals surface area contributed by atoms with E-state index in [0.29, 0.717) is 22.4 Å². The van der Waals surface area contributed by atoms with Crippen LogP contribution in [0, 0.1) is 5.82 Å². The maximum Gasteiger partial charge on any atom is 0.205 e. The number of thioether (sulfide) groups is 1. The van der Waals surface area contributed by atoms with Crippen molar-refractivity contribution in [3.05, 3.63) is 65.5 Å². The van der Waals surface area contributed by atoms with Crippen LogP contribution in [0.1, 0.15) is 5.89 Å². The fourth-order valence-electron chi connectivity index (χ4n) is 1.71. The molecule has 3 rings (SSSR count). The summed E-state index contributed by atoms with van der Waals surface area (Å²) in [5.41, 5.74) is 0.796. The van der Waals surface area contributed by atoms with Gasteiger partial charge < -0.3 is 4.42 Å². The molecule has 0 amide bonds. The molecule has 0 N–H and O–H groups in total. The summed E-state index contributed by atoms with van der Waals surface area (Å²) in [5.74, 6) is 1.50. The highest BCUT2D eigenvalue weighted by molar-refractivity contribution is 7.98. The molecule has 2 aromatic heterocycles. The van der Waals surface area contributed by atoms with Crippen LogP contribution < -0.4 is 0 Å². The quantitative estimate of drug-likeness (QED) is 0.646. The summed E-state index contributed by atoms with van der Waals surface area (Å²) in [4.78, 5) is 8.40. The van der Waals surface area contributed by atoms with Crippen molar-refractivity contribution in [2.45, 2.75) is 10.8 Å². The zero-order valence-corrected chi connectivity index (χ0v) is 12.4. The fraction of sp³-hybridized carbons (Fsp3) is 0.0667. The van der Waals surface area contributed by atoms with E-state index in [4.69, 9.17) is 16.0 Å². The first-order valence-corrected chi connectivity index (χ1v) is 7.52. The Balaban J connectivity index is 1.67. The highest BCUT2D eigenvalue weighted by Gasteiger charge is 2.07. The number of hydrogen-bond acceptors (Lipinski definition) is 4. The van der Waals surface area contributed by atoms with E-state index in [1.54, 1.807) is 30.6 Å². The van der Waals surface area contributed by atoms with E-state index >= 15 is 0 Å². The molecule has 2 heterocycles. The predicted octanol–water partition coefficient (Wildman–Crippen LogP) is 4.82. The van der Waals surface area contributed by atoms with Crippen LogP contribution in [-0.4, -0.2) is 9.97 Å². The molecule has 0 aliphatic heterocycles. The summed E-state index contributed by atoms with van der Waals surface area (Å²) in [7, 11) is 0. The first-order valence-electron chi connectivity index (χ1n) is 6.16. The van der Waals surface area contributed by atoms with Crippen LogP contribution >= 0.6 is 23.4 Å². The predicted molar refractivity (Wildman–Crippen MR) is 80.7 cm³/mol. The number of rotatable bonds is 4. The molecule has 0 radical (unpaired) electrons. The van der Waals surface area contributed by atoms with Gasteiger partial charge in [0.2, 0.25) is 5.89 Å². The lowest BCUT2D eigenvalue weighted by Gasteiger charge is -1.98. The summed E-state index contributed by atoms with van der Waals surface area (Å²) in [6, 6.07) is 9.74. The number of benzene rings is 1. The molecule has 0 fully saturated rings. The molecule has 106 valence electrons. The van der Waals surface area contributed by atoms with Gasteiger partial charge in [0.1, 0.15) is 5.82 Å². The molecule has 0 spiro atoms. The number of aromatic nitrogens is 2. The van der Waals surface area contributed by atoms with E-state index in [1.807, 2.05) is 6.07 Å². The number of pyridine rings is 1. The average molecular weight is 321 g/mol. The minimum atomic E-state index is -0.275. The Morgan fingerprint density at radius 1 is 1.05 bits per heavy atom. The van der Waals surface area contributed by atoms with Gasteiger partial charge in [0.15, 0.2) is 5.76 Å². The average Bonchev–Trinajstić information content (AvgIpc) is 2.96. The Hall–Kier alpha value is -1.85. The number of nitrogens with zero attached hydrogens (tertiary/aromatic N) is 2. The van der Waals surface area contributed by atoms with Gasteiger partial charge in [-0.3, -0.25) is 0 Å². The normalized spacial score (nSPS) is 10.8. The van der Waals surface area contributed by atoms with Crippen molar-refractivity contribution in [2.24, 2.45) is 0 Å². The second-order valence-corrected chi connectivity index (χ2v) is 5.66. The Labute approximate surface area is 130 Å². The summed E-state index contributed by atoms with van der Waals surface area (Å²) >= 11 is 7.29. The first-order chi connectivity index (χ1) is 10.2. The monoisotopic (exact) mass is 320 g/mol. The highest BCUT2D eigenvalue weighted by Crippen LogP contribution is 2.25. The van der Waals surface area contributed by atoms with Crippen LogP contribution in [0.4, 0.5) is 4.39 Å². The number of oxazole rings is 1. The zero-order valence-electron chi connectivity index (χ0n) is 10.8. The van der Waals surface area contributed by atoms with Crippen molar-refractivity contribution < 1.29 is 8.81 Å². The minimum absolute atomic E-state index is 0.275. The third kappa shape index (κ3) is 3.62. The summed E-state index contributed by atoms with van der Waals surface area (Å²) in [6.07, 6.45) is 3.24. The van der Waals surface area contributed by atoms with Gasteiger partial charge in [-0.2, -0.15) is 0 Å². The molecule has 1 aromatic carbocycles. The smallest absolute Gasteiger partial charge is 0.205 e. The van der Waals surface area contributed by atoms with Gasteiger partial charge in [-0.25, -0.2) is 14.4 Å². The van der Waals surface area contributed by atoms with Gasteiger partial charge in [-0.15, -0.1) is 0 Å². The molecule has 0 bridgehead atoms. The highest BCUT2D eigenvalue weighted by atomic mass is 35.5. The molecule has 3 aromatic rings. The summed E-state index contributed by atoms with van der Waals surface area (Å²) in [5, 5.41) is 1.45. The molecular weight excluding hydrogens is 311 g/mol. The van der Waals surface area contributed by atoms with E-state index in [1.165, 1.54) is 23.9 Å². The second-order valence-electron chi connectivity index (χ2n) is 4.23. The first kappa shape index (κ1) is 14.1. The number of halogens is 2. The lowest BCUT2D eigenvalue weighted by Crippen LogP contribution is -1.82. The van der Waals surface area contributed by atoms with Crippen LogP contribution in [0.25, 0.3) is 11.3 Å². The van der Waals surface area contributed by atoms with Crippen LogP contribution in [0.2, 0.25) is 5.02 Å². The van der Waals surface area contributed by atoms with E-state index < -0.39 is 0 Å². The van der Waals surface area contributed by atoms with Crippen molar-refractivity contribution in [1.82, 2.24) is 9.97 Å². The Morgan fingerprint density at radius 3 is 2.57 bits per heavy atom. The van der Waals surface area contributed by atoms with E-state index in [9.17, 15) is 4.39 Å². The third-order valence-electron chi connectivity index (χ3n) is 2.73. The molecular formula is C15H10ClFN2OS. The third-order valence-corrected chi connectivity index (χ3v) is 3.88. The van der Waals surface area contributed by atoms with Crippen LogP contribution in [-0.2, 0) is 5.75 Å². The lowest BCUT2D eigenvalue weighted by atomic mass is 10.2. The SMILES string of the molecule is Fc1ccc(-c2cnc(CSc3ccc(Cl)cn3)o2)cc1. The van der Waals surface area contributed by atoms with E-state index in [2.05, 4.69) is 9.97 Å². The molecule has 21 heavy (non-hydrogen) atoms. The molecule has 3 nitrogen and oxygen atoms in total. The maximum absolute atomic E-state index is 12.9. The maximum atomic E-state index is 12.9. The molecule has 6 heteroatoms. The van der Waals surface area contributed by atoms with Crippen LogP contribution in [0.3, 0.4) is 0 Å². The Morgan fingerprint density at radius 2 is 1.86 bits per heavy atom. The standard InChI is InChI=1S/C15H10ClFN2OS/c16-11-3-6-15(19-7-11)21-9-14-18-8-13(20-14)10-1-4-12(17)5-2-10/h1-8H,9H2. The van der Waals surface area contributed by atoms with Gasteiger partial charge in [-0.05, 0) is 36.4 Å². The molecule has 0 saturated heterocycles. The van der Waals surface area contributed by atoms with Gasteiger partial charge >= 0.3 is 0 Å². The van der Waals surface area contributed by atoms with Crippen LogP contribution in [0.5, 0.6) is 0 Å². The lowest BCUT2D eigenvalue weighted by molar-refractivity contribution is 0.529. The molecule has 0 saturated carbocycles. The topological polar surface area (TPSA) is 38.9 Å². The molecule has 0 unspecified atom stereocenters. The molecule has 0 aliphatic rings. The van der Waals surface area contributed by atoms with Crippen molar-refractivity contribution in [3.8, 4) is 11.3 Å². The molecule has 0 atom stereocenters. The Kier molecular flexibility index (Phi) is 4.22. The van der Waals surface area contributed by atoms with Gasteiger partial charge in [-0.1, -0.05) is 23.4 Å². The zero-order chi connectivity index (χ0) is 14.7. The number of hydrogen-bond donors (Lipinski definition) is 0. The van der Waals surface area contributed by atoms with Crippen molar-refractivity contribution >= 4 is 23.4 Å². The van der Waals surface area contributed by atoms with Crippen molar-refractivity contribution in [1.29, 1.82) is 0 Å². The summed E-state index contributed by atoms with van der Waals surface area (Å²) in [6.45, 7) is 0. The minimum Gasteiger partial charge on any atom is -0.440 e. The van der Waals surface area contributed by atoms with Crippen LogP contribution in [0.15, 0.2) is 58.2 Å². The van der Waals surface area contributed by atoms with Crippen molar-refractivity contribution in [3.63, 3.8) is 0 Å². The second kappa shape index (κ2) is 6.28. The van der Waals surface area contributed by atoms with Gasteiger partial charge in [0.05, 0.1) is 22.0 Å². The van der Waals surface area contributed by atoms with Crippen molar-refractivity contribution in [2.75, 3.05) is 0 Å². The largest absolute Gasteiger partial charge is 0.440 e.